The van der Waals surface area contributed by atoms with Crippen molar-refractivity contribution in [2.75, 3.05) is 11.9 Å². The van der Waals surface area contributed by atoms with Gasteiger partial charge in [0.1, 0.15) is 6.54 Å². The molecule has 1 aliphatic heterocycles. The zero-order valence-corrected chi connectivity index (χ0v) is 18.8. The second-order valence-corrected chi connectivity index (χ2v) is 9.44. The van der Waals surface area contributed by atoms with E-state index >= 15 is 0 Å². The number of primary sulfonamides is 1. The summed E-state index contributed by atoms with van der Waals surface area (Å²) < 4.78 is 23.1. The number of imide groups is 1. The molecule has 4 N–H and O–H groups in total. The van der Waals surface area contributed by atoms with Crippen LogP contribution in [0.5, 0.6) is 0 Å². The third-order valence-electron chi connectivity index (χ3n) is 5.50. The van der Waals surface area contributed by atoms with E-state index in [0.29, 0.717) is 5.56 Å². The number of carbonyl (C=O) groups is 3. The first-order valence-electron chi connectivity index (χ1n) is 10.4. The highest BCUT2D eigenvalue weighted by molar-refractivity contribution is 7.89. The van der Waals surface area contributed by atoms with Gasteiger partial charge in [0.25, 0.3) is 5.91 Å². The van der Waals surface area contributed by atoms with Gasteiger partial charge in [0.2, 0.25) is 15.9 Å². The van der Waals surface area contributed by atoms with Crippen LogP contribution in [0.4, 0.5) is 10.5 Å². The van der Waals surface area contributed by atoms with Gasteiger partial charge in [0.05, 0.1) is 4.90 Å². The number of nitrogens with two attached hydrogens (primary N) is 1. The Morgan fingerprint density at radius 3 is 2.24 bits per heavy atom. The Morgan fingerprint density at radius 2 is 1.59 bits per heavy atom. The Hall–Kier alpha value is -4.02. The average molecular weight is 479 g/mol. The van der Waals surface area contributed by atoms with E-state index in [1.807, 2.05) is 36.4 Å². The van der Waals surface area contributed by atoms with E-state index < -0.39 is 40.0 Å². The summed E-state index contributed by atoms with van der Waals surface area (Å²) in [4.78, 5) is 39.8. The van der Waals surface area contributed by atoms with Crippen molar-refractivity contribution in [1.29, 1.82) is 0 Å². The number of urea groups is 1. The highest BCUT2D eigenvalue weighted by Gasteiger charge is 2.52. The van der Waals surface area contributed by atoms with Crippen LogP contribution in [0.2, 0.25) is 0 Å². The first-order chi connectivity index (χ1) is 16.2. The molecular weight excluding hydrogens is 456 g/mol. The van der Waals surface area contributed by atoms with Crippen molar-refractivity contribution in [2.45, 2.75) is 16.9 Å². The molecular formula is C24H22N4O5S. The Kier molecular flexibility index (Phi) is 6.18. The SMILES string of the molecule is NS(=O)(=O)c1cccc(NC(=O)CN2C(=O)N[C@](Cc3ccccc3)(c3ccccc3)C2=O)c1. The van der Waals surface area contributed by atoms with Crippen molar-refractivity contribution in [2.24, 2.45) is 5.14 Å². The Bertz CT molecular complexity index is 1350. The van der Waals surface area contributed by atoms with Crippen molar-refractivity contribution >= 4 is 33.6 Å². The predicted octanol–water partition coefficient (Wildman–Crippen LogP) is 1.96. The number of amides is 4. The summed E-state index contributed by atoms with van der Waals surface area (Å²) in [5.41, 5.74) is 0.238. The minimum Gasteiger partial charge on any atom is -0.324 e. The minimum absolute atomic E-state index is 0.169. The predicted molar refractivity (Wildman–Crippen MR) is 125 cm³/mol. The van der Waals surface area contributed by atoms with Crippen molar-refractivity contribution in [3.63, 3.8) is 0 Å². The lowest BCUT2D eigenvalue weighted by atomic mass is 9.83. The molecule has 0 bridgehead atoms. The lowest BCUT2D eigenvalue weighted by molar-refractivity contribution is -0.134. The molecule has 0 aliphatic carbocycles. The number of nitrogens with zero attached hydrogens (tertiary/aromatic N) is 1. The summed E-state index contributed by atoms with van der Waals surface area (Å²) in [5.74, 6) is -1.22. The maximum Gasteiger partial charge on any atom is 0.325 e. The van der Waals surface area contributed by atoms with Gasteiger partial charge in [0.15, 0.2) is 5.54 Å². The van der Waals surface area contributed by atoms with Gasteiger partial charge in [-0.1, -0.05) is 66.7 Å². The second kappa shape index (κ2) is 9.08. The monoisotopic (exact) mass is 478 g/mol. The molecule has 1 saturated heterocycles. The van der Waals surface area contributed by atoms with E-state index in [1.54, 1.807) is 24.3 Å². The molecule has 3 aromatic rings. The number of hydrogen-bond donors (Lipinski definition) is 3. The number of benzene rings is 3. The van der Waals surface area contributed by atoms with E-state index in [2.05, 4.69) is 10.6 Å². The van der Waals surface area contributed by atoms with Gasteiger partial charge in [0, 0.05) is 12.1 Å². The molecule has 1 aliphatic rings. The van der Waals surface area contributed by atoms with Gasteiger partial charge < -0.3 is 10.6 Å². The van der Waals surface area contributed by atoms with E-state index in [9.17, 15) is 22.8 Å². The van der Waals surface area contributed by atoms with E-state index in [0.717, 1.165) is 10.5 Å². The maximum absolute atomic E-state index is 13.6. The molecule has 0 saturated carbocycles. The summed E-state index contributed by atoms with van der Waals surface area (Å²) in [6, 6.07) is 22.8. The van der Waals surface area contributed by atoms with Gasteiger partial charge in [-0.2, -0.15) is 0 Å². The average Bonchev–Trinajstić information content (AvgIpc) is 3.05. The zero-order valence-electron chi connectivity index (χ0n) is 18.0. The molecule has 9 nitrogen and oxygen atoms in total. The minimum atomic E-state index is -3.96. The summed E-state index contributed by atoms with van der Waals surface area (Å²) in [7, 11) is -3.96. The highest BCUT2D eigenvalue weighted by Crippen LogP contribution is 2.33. The number of carbonyl (C=O) groups excluding carboxylic acids is 3. The van der Waals surface area contributed by atoms with Crippen LogP contribution < -0.4 is 15.8 Å². The fraction of sp³-hybridized carbons (Fsp3) is 0.125. The van der Waals surface area contributed by atoms with Gasteiger partial charge in [-0.3, -0.25) is 14.5 Å². The molecule has 1 atom stereocenters. The van der Waals surface area contributed by atoms with Crippen LogP contribution in [0.25, 0.3) is 0 Å². The fourth-order valence-electron chi connectivity index (χ4n) is 3.91. The van der Waals surface area contributed by atoms with Crippen LogP contribution in [0.15, 0.2) is 89.8 Å². The summed E-state index contributed by atoms with van der Waals surface area (Å²) in [6.07, 6.45) is 0.205. The maximum atomic E-state index is 13.6. The van der Waals surface area contributed by atoms with Crippen molar-refractivity contribution in [3.05, 3.63) is 96.1 Å². The quantitative estimate of drug-likeness (QED) is 0.446. The lowest BCUT2D eigenvalue weighted by Crippen LogP contribution is -2.46. The van der Waals surface area contributed by atoms with Gasteiger partial charge >= 0.3 is 6.03 Å². The van der Waals surface area contributed by atoms with Crippen LogP contribution in [-0.4, -0.2) is 37.7 Å². The molecule has 3 aromatic carbocycles. The molecule has 1 fully saturated rings. The number of hydrogen-bond acceptors (Lipinski definition) is 5. The third kappa shape index (κ3) is 4.68. The van der Waals surface area contributed by atoms with Crippen LogP contribution >= 0.6 is 0 Å². The molecule has 0 aromatic heterocycles. The molecule has 174 valence electrons. The van der Waals surface area contributed by atoms with Crippen LogP contribution in [0.1, 0.15) is 11.1 Å². The molecule has 4 amide bonds. The number of rotatable bonds is 7. The zero-order chi connectivity index (χ0) is 24.3. The largest absolute Gasteiger partial charge is 0.325 e. The first-order valence-corrected chi connectivity index (χ1v) is 11.9. The van der Waals surface area contributed by atoms with Gasteiger partial charge in [-0.05, 0) is 29.3 Å². The molecule has 4 rings (SSSR count). The molecule has 0 unspecified atom stereocenters. The number of sulfonamides is 1. The first kappa shape index (κ1) is 23.1. The van der Waals surface area contributed by atoms with E-state index in [4.69, 9.17) is 5.14 Å². The molecule has 1 heterocycles. The van der Waals surface area contributed by atoms with E-state index in [1.165, 1.54) is 24.3 Å². The highest BCUT2D eigenvalue weighted by atomic mass is 32.2. The van der Waals surface area contributed by atoms with Crippen LogP contribution in [-0.2, 0) is 31.6 Å². The van der Waals surface area contributed by atoms with Crippen molar-refractivity contribution < 1.29 is 22.8 Å². The molecule has 0 spiro atoms. The molecule has 34 heavy (non-hydrogen) atoms. The van der Waals surface area contributed by atoms with E-state index in [-0.39, 0.29) is 17.0 Å². The summed E-state index contributed by atoms with van der Waals surface area (Å²) in [5, 5.41) is 10.4. The number of nitrogens with one attached hydrogen (secondary N) is 2. The summed E-state index contributed by atoms with van der Waals surface area (Å²) >= 11 is 0. The fourth-order valence-corrected chi connectivity index (χ4v) is 4.47. The molecule has 10 heteroatoms. The Morgan fingerprint density at radius 1 is 0.941 bits per heavy atom. The third-order valence-corrected chi connectivity index (χ3v) is 6.41. The lowest BCUT2D eigenvalue weighted by Gasteiger charge is -2.27. The second-order valence-electron chi connectivity index (χ2n) is 7.88. The Labute approximate surface area is 196 Å². The summed E-state index contributed by atoms with van der Waals surface area (Å²) in [6.45, 7) is -0.548. The normalized spacial score (nSPS) is 18.0. The van der Waals surface area contributed by atoms with Crippen LogP contribution in [0.3, 0.4) is 0 Å². The topological polar surface area (TPSA) is 139 Å². The van der Waals surface area contributed by atoms with Gasteiger partial charge in [-0.25, -0.2) is 18.4 Å². The van der Waals surface area contributed by atoms with Crippen molar-refractivity contribution in [1.82, 2.24) is 10.2 Å². The van der Waals surface area contributed by atoms with Crippen LogP contribution in [0, 0.1) is 0 Å². The molecule has 0 radical (unpaired) electrons. The Balaban J connectivity index is 1.58. The smallest absolute Gasteiger partial charge is 0.324 e. The van der Waals surface area contributed by atoms with Gasteiger partial charge in [-0.15, -0.1) is 0 Å². The number of anilines is 1. The van der Waals surface area contributed by atoms with Crippen molar-refractivity contribution in [3.8, 4) is 0 Å². The standard InChI is InChI=1S/C24H22N4O5S/c25-34(32,33)20-13-7-12-19(14-20)26-21(29)16-28-22(30)24(27-23(28)31,18-10-5-2-6-11-18)15-17-8-3-1-4-9-17/h1-14H,15-16H2,(H,26,29)(H,27,31)(H2,25,32,33)/t24-/m1/s1.